The number of rotatable bonds is 16. The number of nitrogens with one attached hydrogen (secondary N) is 2. The molecule has 47 heavy (non-hydrogen) atoms. The lowest BCUT2D eigenvalue weighted by molar-refractivity contribution is -0.156. The fourth-order valence-corrected chi connectivity index (χ4v) is 4.70. The van der Waals surface area contributed by atoms with Crippen LogP contribution in [0.5, 0.6) is 0 Å². The Kier molecular flexibility index (Phi) is 12.9. The molecule has 3 amide bonds. The first-order valence-electron chi connectivity index (χ1n) is 15.2. The summed E-state index contributed by atoms with van der Waals surface area (Å²) < 4.78 is 11.1. The molecule has 1 heterocycles. The number of Topliss-reactive ketones (excluding diaryl/α,β-unsaturated/α-hetero) is 1. The molecule has 0 saturated carbocycles. The number of imide groups is 1. The van der Waals surface area contributed by atoms with Gasteiger partial charge >= 0.3 is 12.1 Å². The van der Waals surface area contributed by atoms with Crippen LogP contribution in [0.1, 0.15) is 46.4 Å². The molecular weight excluding hydrogens is 602 g/mol. The summed E-state index contributed by atoms with van der Waals surface area (Å²) in [6.07, 6.45) is 2.51. The second-order valence-corrected chi connectivity index (χ2v) is 10.7. The lowest BCUT2D eigenvalue weighted by atomic mass is 10.1. The number of esters is 1. The van der Waals surface area contributed by atoms with Crippen LogP contribution in [0, 0.1) is 0 Å². The van der Waals surface area contributed by atoms with Gasteiger partial charge in [0, 0.05) is 30.4 Å². The Hall–Kier alpha value is -5.62. The summed E-state index contributed by atoms with van der Waals surface area (Å²) in [5.41, 5.74) is 8.49. The first-order chi connectivity index (χ1) is 22.8. The van der Waals surface area contributed by atoms with Gasteiger partial charge < -0.3 is 25.5 Å². The highest BCUT2D eigenvalue weighted by atomic mass is 16.6. The highest BCUT2D eigenvalue weighted by Gasteiger charge is 2.39. The number of ketones is 1. The van der Waals surface area contributed by atoms with E-state index in [1.165, 1.54) is 12.5 Å². The number of ether oxygens (including phenoxy) is 2. The maximum atomic E-state index is 13.8. The fourth-order valence-electron chi connectivity index (χ4n) is 4.70. The lowest BCUT2D eigenvalue weighted by Gasteiger charge is -2.30. The van der Waals surface area contributed by atoms with Crippen molar-refractivity contribution in [2.45, 2.75) is 51.0 Å². The van der Waals surface area contributed by atoms with E-state index in [1.54, 1.807) is 78.9 Å². The summed E-state index contributed by atoms with van der Waals surface area (Å²) in [5.74, 6) is -3.09. The molecule has 4 aromatic rings. The number of nitrogens with zero attached hydrogens (tertiary/aromatic N) is 2. The Morgan fingerprint density at radius 1 is 0.809 bits per heavy atom. The molecule has 12 nitrogen and oxygen atoms in total. The molecular formula is C35H37N5O7. The number of H-pyrrole nitrogens is 1. The van der Waals surface area contributed by atoms with Gasteiger partial charge in [0.05, 0.1) is 12.4 Å². The van der Waals surface area contributed by atoms with Gasteiger partial charge in [0.25, 0.3) is 5.91 Å². The van der Waals surface area contributed by atoms with Crippen LogP contribution in [0.4, 0.5) is 4.79 Å². The van der Waals surface area contributed by atoms with Crippen molar-refractivity contribution < 1.29 is 33.4 Å². The van der Waals surface area contributed by atoms with E-state index in [9.17, 15) is 24.0 Å². The molecule has 0 bridgehead atoms. The number of aromatic amines is 1. The molecule has 4 N–H and O–H groups in total. The third-order valence-corrected chi connectivity index (χ3v) is 7.19. The van der Waals surface area contributed by atoms with Crippen LogP contribution in [0.3, 0.4) is 0 Å². The van der Waals surface area contributed by atoms with E-state index in [1.807, 2.05) is 12.1 Å². The van der Waals surface area contributed by atoms with E-state index in [4.69, 9.17) is 15.2 Å². The number of nitrogens with two attached hydrogens (primary N) is 1. The topological polar surface area (TPSA) is 174 Å². The van der Waals surface area contributed by atoms with Crippen molar-refractivity contribution in [1.29, 1.82) is 0 Å². The van der Waals surface area contributed by atoms with Crippen molar-refractivity contribution in [3.05, 3.63) is 126 Å². The zero-order valence-corrected chi connectivity index (χ0v) is 25.7. The highest BCUT2D eigenvalue weighted by Crippen LogP contribution is 2.18. The van der Waals surface area contributed by atoms with E-state index >= 15 is 0 Å². The van der Waals surface area contributed by atoms with Crippen LogP contribution in [0.15, 0.2) is 104 Å². The third-order valence-electron chi connectivity index (χ3n) is 7.19. The highest BCUT2D eigenvalue weighted by molar-refractivity contribution is 6.42. The second kappa shape index (κ2) is 17.8. The van der Waals surface area contributed by atoms with E-state index in [0.29, 0.717) is 23.2 Å². The molecule has 4 rings (SSSR count). The van der Waals surface area contributed by atoms with Crippen LogP contribution in [-0.4, -0.2) is 63.2 Å². The summed E-state index contributed by atoms with van der Waals surface area (Å²) in [4.78, 5) is 73.3. The van der Waals surface area contributed by atoms with Gasteiger partial charge in [-0.25, -0.2) is 19.5 Å². The Labute approximate surface area is 272 Å². The van der Waals surface area contributed by atoms with Crippen LogP contribution in [0.25, 0.3) is 0 Å². The second-order valence-electron chi connectivity index (χ2n) is 10.7. The summed E-state index contributed by atoms with van der Waals surface area (Å²) in [6.45, 7) is -0.115. The van der Waals surface area contributed by atoms with Gasteiger partial charge in [0.1, 0.15) is 19.3 Å². The molecule has 0 aliphatic carbocycles. The summed E-state index contributed by atoms with van der Waals surface area (Å²) in [5, 5.41) is 2.58. The first-order valence-corrected chi connectivity index (χ1v) is 15.2. The number of hydrogen-bond donors (Lipinski definition) is 3. The van der Waals surface area contributed by atoms with Gasteiger partial charge in [-0.1, -0.05) is 91.0 Å². The van der Waals surface area contributed by atoms with E-state index in [0.717, 1.165) is 4.90 Å². The van der Waals surface area contributed by atoms with Crippen molar-refractivity contribution in [1.82, 2.24) is 20.2 Å². The van der Waals surface area contributed by atoms with Crippen LogP contribution in [-0.2, 0) is 43.5 Å². The number of carbonyl (C=O) groups is 5. The Balaban J connectivity index is 1.49. The standard InChI is InChI=1S/C35H37N5O7/c36-29(20-28-21-37-24-39-28)33(43)40(35(45)47-23-26-14-6-2-7-15-26)30(34(44)46-22-25-12-4-1-5-13-25)18-10-11-19-38-32(42)31(41)27-16-8-3-9-17-27/h1-9,12-17,21,24,29-30H,10-11,18-20,22-23,36H2,(H,37,39)(H,38,42)/t29-,30-/m0/s1. The minimum absolute atomic E-state index is 0.0148. The average Bonchev–Trinajstić information content (AvgIpc) is 3.62. The number of carbonyl (C=O) groups excluding carboxylic acids is 5. The number of amides is 3. The Morgan fingerprint density at radius 3 is 2.00 bits per heavy atom. The monoisotopic (exact) mass is 639 g/mol. The Morgan fingerprint density at radius 2 is 1.40 bits per heavy atom. The van der Waals surface area contributed by atoms with Crippen LogP contribution >= 0.6 is 0 Å². The molecule has 3 aromatic carbocycles. The number of hydrogen-bond acceptors (Lipinski definition) is 9. The Bertz CT molecular complexity index is 1600. The molecule has 0 aliphatic heterocycles. The fraction of sp³-hybridized carbons (Fsp3) is 0.257. The molecule has 2 atom stereocenters. The molecule has 0 spiro atoms. The van der Waals surface area contributed by atoms with E-state index in [-0.39, 0.29) is 44.6 Å². The minimum Gasteiger partial charge on any atom is -0.459 e. The van der Waals surface area contributed by atoms with Crippen molar-refractivity contribution in [3.63, 3.8) is 0 Å². The van der Waals surface area contributed by atoms with Gasteiger partial charge in [-0.2, -0.15) is 0 Å². The molecule has 0 aliphatic rings. The predicted octanol–water partition coefficient (Wildman–Crippen LogP) is 3.73. The van der Waals surface area contributed by atoms with E-state index in [2.05, 4.69) is 15.3 Å². The van der Waals surface area contributed by atoms with Crippen LogP contribution < -0.4 is 11.1 Å². The van der Waals surface area contributed by atoms with Gasteiger partial charge in [-0.3, -0.25) is 14.4 Å². The van der Waals surface area contributed by atoms with Crippen LogP contribution in [0.2, 0.25) is 0 Å². The molecule has 0 saturated heterocycles. The first kappa shape index (κ1) is 34.3. The zero-order chi connectivity index (χ0) is 33.4. The quantitative estimate of drug-likeness (QED) is 0.0714. The van der Waals surface area contributed by atoms with Gasteiger partial charge in [0.2, 0.25) is 11.7 Å². The number of unbranched alkanes of at least 4 members (excludes halogenated alkanes) is 1. The molecule has 244 valence electrons. The largest absolute Gasteiger partial charge is 0.459 e. The maximum absolute atomic E-state index is 13.8. The maximum Gasteiger partial charge on any atom is 0.417 e. The van der Waals surface area contributed by atoms with Gasteiger partial charge in [-0.15, -0.1) is 0 Å². The molecule has 0 fully saturated rings. The van der Waals surface area contributed by atoms with Crippen molar-refractivity contribution in [2.75, 3.05) is 6.54 Å². The molecule has 0 radical (unpaired) electrons. The van der Waals surface area contributed by atoms with Gasteiger partial charge in [0.15, 0.2) is 0 Å². The normalized spacial score (nSPS) is 11.9. The van der Waals surface area contributed by atoms with Crippen molar-refractivity contribution in [3.8, 4) is 0 Å². The van der Waals surface area contributed by atoms with Gasteiger partial charge in [-0.05, 0) is 30.4 Å². The predicted molar refractivity (Wildman–Crippen MR) is 171 cm³/mol. The summed E-state index contributed by atoms with van der Waals surface area (Å²) >= 11 is 0. The van der Waals surface area contributed by atoms with Crippen molar-refractivity contribution in [2.24, 2.45) is 5.73 Å². The molecule has 12 heteroatoms. The van der Waals surface area contributed by atoms with Crippen molar-refractivity contribution >= 4 is 29.7 Å². The smallest absolute Gasteiger partial charge is 0.417 e. The lowest BCUT2D eigenvalue weighted by Crippen LogP contribution is -2.55. The number of benzene rings is 3. The molecule has 0 unspecified atom stereocenters. The summed E-state index contributed by atoms with van der Waals surface area (Å²) in [7, 11) is 0. The SMILES string of the molecule is N[C@@H](Cc1cnc[nH]1)C(=O)N(C(=O)OCc1ccccc1)[C@@H](CCCCNC(=O)C(=O)c1ccccc1)C(=O)OCc1ccccc1. The van der Waals surface area contributed by atoms with E-state index < -0.39 is 41.7 Å². The average molecular weight is 640 g/mol. The summed E-state index contributed by atoms with van der Waals surface area (Å²) in [6, 6.07) is 23.4. The number of aromatic nitrogens is 2. The minimum atomic E-state index is -1.39. The number of imidazole rings is 1. The zero-order valence-electron chi connectivity index (χ0n) is 25.7. The third kappa shape index (κ3) is 10.5. The molecule has 1 aromatic heterocycles.